The maximum absolute atomic E-state index is 14.7. The van der Waals surface area contributed by atoms with Crippen molar-refractivity contribution >= 4 is 22.7 Å². The molecule has 0 amide bonds. The van der Waals surface area contributed by atoms with Crippen LogP contribution in [0.5, 0.6) is 0 Å². The molecule has 4 rings (SSSR count). The van der Waals surface area contributed by atoms with E-state index >= 15 is 0 Å². The van der Waals surface area contributed by atoms with E-state index < -0.39 is 24.3 Å². The molecule has 0 unspecified atom stereocenters. The highest BCUT2D eigenvalue weighted by atomic mass is 32.1. The van der Waals surface area contributed by atoms with Crippen molar-refractivity contribution in [2.24, 2.45) is 5.92 Å². The number of rotatable bonds is 3. The Balaban J connectivity index is 1.90. The number of thiazole rings is 1. The average molecular weight is 349 g/mol. The van der Waals surface area contributed by atoms with E-state index in [1.807, 2.05) is 5.38 Å². The van der Waals surface area contributed by atoms with Gasteiger partial charge in [-0.25, -0.2) is 18.9 Å². The molecule has 24 heavy (non-hydrogen) atoms. The minimum atomic E-state index is -1.25. The van der Waals surface area contributed by atoms with Gasteiger partial charge in [-0.2, -0.15) is 5.10 Å². The molecule has 9 heteroatoms. The Hall–Kier alpha value is -2.10. The first-order valence-electron chi connectivity index (χ1n) is 7.54. The van der Waals surface area contributed by atoms with Crippen molar-refractivity contribution in [2.75, 3.05) is 12.3 Å². The van der Waals surface area contributed by atoms with E-state index in [4.69, 9.17) is 10.5 Å². The van der Waals surface area contributed by atoms with Crippen LogP contribution in [0.2, 0.25) is 0 Å². The molecule has 126 valence electrons. The van der Waals surface area contributed by atoms with Crippen LogP contribution in [-0.4, -0.2) is 43.6 Å². The molecule has 0 saturated carbocycles. The van der Waals surface area contributed by atoms with Gasteiger partial charge in [-0.15, -0.1) is 11.3 Å². The van der Waals surface area contributed by atoms with Crippen molar-refractivity contribution in [1.82, 2.24) is 19.6 Å². The second-order valence-electron chi connectivity index (χ2n) is 5.81. The summed E-state index contributed by atoms with van der Waals surface area (Å²) in [7, 11) is 0. The predicted octanol–water partition coefficient (Wildman–Crippen LogP) is 1.84. The second kappa shape index (κ2) is 5.76. The molecule has 0 aromatic carbocycles. The van der Waals surface area contributed by atoms with E-state index in [0.29, 0.717) is 17.0 Å². The first kappa shape index (κ1) is 15.4. The van der Waals surface area contributed by atoms with Gasteiger partial charge in [0, 0.05) is 23.1 Å². The zero-order valence-electron chi connectivity index (χ0n) is 12.8. The number of nitrogens with two attached hydrogens (primary N) is 1. The summed E-state index contributed by atoms with van der Waals surface area (Å²) in [5.74, 6) is -0.116. The number of aromatic nitrogens is 4. The van der Waals surface area contributed by atoms with Crippen LogP contribution < -0.4 is 5.73 Å². The summed E-state index contributed by atoms with van der Waals surface area (Å²) in [5, 5.41) is 16.2. The Kier molecular flexibility index (Phi) is 3.70. The smallest absolute Gasteiger partial charge is 0.152 e. The fraction of sp³-hybridized carbons (Fsp3) is 0.400. The Morgan fingerprint density at radius 2 is 2.29 bits per heavy atom. The van der Waals surface area contributed by atoms with E-state index in [0.717, 1.165) is 10.6 Å². The molecule has 0 radical (unpaired) electrons. The lowest BCUT2D eigenvalue weighted by Gasteiger charge is -2.13. The highest BCUT2D eigenvalue weighted by molar-refractivity contribution is 7.13. The quantitative estimate of drug-likeness (QED) is 0.749. The number of hydrogen-bond donors (Lipinski definition) is 2. The van der Waals surface area contributed by atoms with Gasteiger partial charge in [-0.1, -0.05) is 6.92 Å². The zero-order valence-corrected chi connectivity index (χ0v) is 13.7. The van der Waals surface area contributed by atoms with Crippen LogP contribution >= 0.6 is 11.3 Å². The molecule has 7 nitrogen and oxygen atoms in total. The number of anilines is 1. The van der Waals surface area contributed by atoms with Crippen molar-refractivity contribution < 1.29 is 14.2 Å². The van der Waals surface area contributed by atoms with Gasteiger partial charge in [-0.3, -0.25) is 0 Å². The van der Waals surface area contributed by atoms with Gasteiger partial charge in [0.2, 0.25) is 0 Å². The number of aliphatic hydroxyl groups is 1. The molecule has 1 aliphatic heterocycles. The number of nitrogens with zero attached hydrogens (tertiary/aromatic N) is 4. The zero-order chi connectivity index (χ0) is 16.8. The summed E-state index contributed by atoms with van der Waals surface area (Å²) in [6.45, 7) is 1.50. The number of fused-ring (bicyclic) bond motifs is 1. The van der Waals surface area contributed by atoms with Crippen LogP contribution in [0.4, 0.5) is 10.2 Å². The number of alkyl halides is 1. The number of aliphatic hydroxyl groups excluding tert-OH is 1. The van der Waals surface area contributed by atoms with Crippen molar-refractivity contribution in [3.05, 3.63) is 29.7 Å². The summed E-state index contributed by atoms with van der Waals surface area (Å²) < 4.78 is 22.0. The highest BCUT2D eigenvalue weighted by Crippen LogP contribution is 2.42. The molecule has 0 bridgehead atoms. The number of hydrogen-bond acceptors (Lipinski definition) is 7. The summed E-state index contributed by atoms with van der Waals surface area (Å²) >= 11 is 1.45. The lowest BCUT2D eigenvalue weighted by molar-refractivity contribution is -0.00711. The Morgan fingerprint density at radius 1 is 1.46 bits per heavy atom. The normalized spacial score (nSPS) is 27.1. The van der Waals surface area contributed by atoms with E-state index in [1.165, 1.54) is 17.7 Å². The van der Waals surface area contributed by atoms with Crippen LogP contribution in [0.15, 0.2) is 24.0 Å². The lowest BCUT2D eigenvalue weighted by atomic mass is 9.99. The summed E-state index contributed by atoms with van der Waals surface area (Å²) in [4.78, 5) is 8.33. The number of halogens is 1. The molecule has 3 aromatic heterocycles. The fourth-order valence-electron chi connectivity index (χ4n) is 3.12. The van der Waals surface area contributed by atoms with Gasteiger partial charge in [-0.05, 0) is 6.07 Å². The molecule has 1 fully saturated rings. The van der Waals surface area contributed by atoms with Crippen molar-refractivity contribution in [2.45, 2.75) is 25.3 Å². The molecular formula is C15H16FN5O2S. The lowest BCUT2D eigenvalue weighted by Crippen LogP contribution is -2.21. The van der Waals surface area contributed by atoms with E-state index in [2.05, 4.69) is 15.1 Å². The topological polar surface area (TPSA) is 98.6 Å². The minimum Gasteiger partial charge on any atom is -0.394 e. The van der Waals surface area contributed by atoms with Gasteiger partial charge in [0.05, 0.1) is 18.4 Å². The van der Waals surface area contributed by atoms with Crippen LogP contribution in [0, 0.1) is 5.92 Å². The number of nitrogen functional groups attached to an aromatic ring is 1. The third-order valence-electron chi connectivity index (χ3n) is 4.44. The SMILES string of the molecule is C[C@H]1[C@@H](F)[C@H](c2cc(-c3nccs3)c3c(N)ncnn23)O[C@@H]1CO. The third-order valence-corrected chi connectivity index (χ3v) is 5.25. The molecular weight excluding hydrogens is 333 g/mol. The molecule has 1 saturated heterocycles. The molecule has 4 heterocycles. The highest BCUT2D eigenvalue weighted by Gasteiger charge is 2.44. The van der Waals surface area contributed by atoms with Crippen LogP contribution in [0.3, 0.4) is 0 Å². The molecule has 0 aliphatic carbocycles. The van der Waals surface area contributed by atoms with E-state index in [-0.39, 0.29) is 6.61 Å². The molecule has 3 aromatic rings. The molecule has 1 aliphatic rings. The van der Waals surface area contributed by atoms with Gasteiger partial charge in [0.15, 0.2) is 5.82 Å². The molecule has 3 N–H and O–H groups in total. The van der Waals surface area contributed by atoms with Crippen molar-refractivity contribution in [3.63, 3.8) is 0 Å². The van der Waals surface area contributed by atoms with Gasteiger partial charge >= 0.3 is 0 Å². The summed E-state index contributed by atoms with van der Waals surface area (Å²) in [6.07, 6.45) is 0.398. The average Bonchev–Trinajstić information content (AvgIpc) is 3.28. The Bertz CT molecular complexity index is 868. The summed E-state index contributed by atoms with van der Waals surface area (Å²) in [5.41, 5.74) is 7.89. The maximum atomic E-state index is 14.7. The predicted molar refractivity (Wildman–Crippen MR) is 87.3 cm³/mol. The van der Waals surface area contributed by atoms with E-state index in [9.17, 15) is 9.50 Å². The van der Waals surface area contributed by atoms with Gasteiger partial charge < -0.3 is 15.6 Å². The molecule has 0 spiro atoms. The van der Waals surface area contributed by atoms with Crippen LogP contribution in [0.1, 0.15) is 18.7 Å². The van der Waals surface area contributed by atoms with Gasteiger partial charge in [0.25, 0.3) is 0 Å². The third kappa shape index (κ3) is 2.20. The van der Waals surface area contributed by atoms with Crippen molar-refractivity contribution in [3.8, 4) is 10.6 Å². The van der Waals surface area contributed by atoms with Crippen molar-refractivity contribution in [1.29, 1.82) is 0 Å². The van der Waals surface area contributed by atoms with E-state index in [1.54, 1.807) is 23.7 Å². The largest absolute Gasteiger partial charge is 0.394 e. The fourth-order valence-corrected chi connectivity index (χ4v) is 3.78. The molecule has 4 atom stereocenters. The van der Waals surface area contributed by atoms with Crippen LogP contribution in [-0.2, 0) is 4.74 Å². The number of ether oxygens (including phenoxy) is 1. The summed E-state index contributed by atoms with van der Waals surface area (Å²) in [6, 6.07) is 1.79. The van der Waals surface area contributed by atoms with Gasteiger partial charge in [0.1, 0.15) is 29.1 Å². The monoisotopic (exact) mass is 349 g/mol. The van der Waals surface area contributed by atoms with Crippen LogP contribution in [0.25, 0.3) is 16.1 Å². The minimum absolute atomic E-state index is 0.224. The Morgan fingerprint density at radius 3 is 2.96 bits per heavy atom. The second-order valence-corrected chi connectivity index (χ2v) is 6.70. The first-order chi connectivity index (χ1) is 11.6. The Labute approximate surface area is 140 Å². The standard InChI is InChI=1S/C15H16FN5O2S/c1-7-10(5-22)23-13(11(7)16)9-4-8(15-18-2-3-24-15)12-14(17)19-6-20-21(9)12/h2-4,6-7,10-11,13,22H,5H2,1H3,(H2,17,19,20)/t7-,10-,11-,13+/m1/s1. The maximum Gasteiger partial charge on any atom is 0.152 e. The first-order valence-corrected chi connectivity index (χ1v) is 8.42.